The third kappa shape index (κ3) is 1.07. The standard InChI is InChI=1S/C9H16O/c1-10-8-3-2-4-9(7-8)5-6-9/h8H,2-7H2,1H3. The fourth-order valence-corrected chi connectivity index (χ4v) is 2.22. The third-order valence-electron chi connectivity index (χ3n) is 3.18. The van der Waals surface area contributed by atoms with E-state index in [0.29, 0.717) is 6.10 Å². The number of rotatable bonds is 1. The molecule has 0 aliphatic heterocycles. The largest absolute Gasteiger partial charge is 0.381 e. The lowest BCUT2D eigenvalue weighted by Gasteiger charge is -2.27. The summed E-state index contributed by atoms with van der Waals surface area (Å²) in [5.74, 6) is 0. The second kappa shape index (κ2) is 2.23. The molecule has 1 nitrogen and oxygen atoms in total. The van der Waals surface area contributed by atoms with Crippen molar-refractivity contribution in [3.63, 3.8) is 0 Å². The van der Waals surface area contributed by atoms with E-state index in [-0.39, 0.29) is 0 Å². The number of ether oxygens (including phenoxy) is 1. The molecule has 0 heterocycles. The Hall–Kier alpha value is -0.0400. The van der Waals surface area contributed by atoms with Gasteiger partial charge in [-0.25, -0.2) is 0 Å². The zero-order valence-corrected chi connectivity index (χ0v) is 6.73. The highest BCUT2D eigenvalue weighted by atomic mass is 16.5. The predicted octanol–water partition coefficient (Wildman–Crippen LogP) is 2.36. The molecule has 2 rings (SSSR count). The van der Waals surface area contributed by atoms with Crippen molar-refractivity contribution in [1.29, 1.82) is 0 Å². The second-order valence-corrected chi connectivity index (χ2v) is 3.95. The first-order valence-corrected chi connectivity index (χ1v) is 4.37. The smallest absolute Gasteiger partial charge is 0.0576 e. The van der Waals surface area contributed by atoms with Crippen molar-refractivity contribution >= 4 is 0 Å². The molecule has 0 aromatic heterocycles. The van der Waals surface area contributed by atoms with Crippen molar-refractivity contribution in [3.05, 3.63) is 0 Å². The Morgan fingerprint density at radius 3 is 2.70 bits per heavy atom. The molecule has 0 amide bonds. The first-order valence-electron chi connectivity index (χ1n) is 4.37. The van der Waals surface area contributed by atoms with E-state index in [0.717, 1.165) is 5.41 Å². The monoisotopic (exact) mass is 140 g/mol. The molecule has 0 bridgehead atoms. The highest BCUT2D eigenvalue weighted by Gasteiger charge is 2.45. The van der Waals surface area contributed by atoms with Gasteiger partial charge in [-0.15, -0.1) is 0 Å². The van der Waals surface area contributed by atoms with Crippen molar-refractivity contribution < 1.29 is 4.74 Å². The van der Waals surface area contributed by atoms with Gasteiger partial charge in [0.2, 0.25) is 0 Å². The summed E-state index contributed by atoms with van der Waals surface area (Å²) >= 11 is 0. The van der Waals surface area contributed by atoms with Crippen LogP contribution in [0.4, 0.5) is 0 Å². The van der Waals surface area contributed by atoms with E-state index < -0.39 is 0 Å². The summed E-state index contributed by atoms with van der Waals surface area (Å²) in [4.78, 5) is 0. The van der Waals surface area contributed by atoms with Crippen LogP contribution in [0.1, 0.15) is 38.5 Å². The second-order valence-electron chi connectivity index (χ2n) is 3.95. The Balaban J connectivity index is 1.91. The molecule has 2 aliphatic carbocycles. The maximum absolute atomic E-state index is 5.37. The minimum Gasteiger partial charge on any atom is -0.381 e. The molecule has 2 aliphatic rings. The van der Waals surface area contributed by atoms with Gasteiger partial charge in [-0.3, -0.25) is 0 Å². The molecular weight excluding hydrogens is 124 g/mol. The average Bonchev–Trinajstić information content (AvgIpc) is 2.70. The number of methoxy groups -OCH3 is 1. The van der Waals surface area contributed by atoms with Gasteiger partial charge in [-0.05, 0) is 37.5 Å². The average molecular weight is 140 g/mol. The molecule has 10 heavy (non-hydrogen) atoms. The molecule has 1 spiro atoms. The van der Waals surface area contributed by atoms with Crippen LogP contribution in [0, 0.1) is 5.41 Å². The molecule has 0 N–H and O–H groups in total. The van der Waals surface area contributed by atoms with Crippen LogP contribution in [0.5, 0.6) is 0 Å². The summed E-state index contributed by atoms with van der Waals surface area (Å²) < 4.78 is 5.37. The Morgan fingerprint density at radius 1 is 1.30 bits per heavy atom. The van der Waals surface area contributed by atoms with Crippen LogP contribution in [-0.2, 0) is 4.74 Å². The number of hydrogen-bond acceptors (Lipinski definition) is 1. The molecular formula is C9H16O. The van der Waals surface area contributed by atoms with E-state index in [1.54, 1.807) is 0 Å². The summed E-state index contributed by atoms with van der Waals surface area (Å²) in [7, 11) is 1.85. The van der Waals surface area contributed by atoms with Crippen LogP contribution >= 0.6 is 0 Å². The summed E-state index contributed by atoms with van der Waals surface area (Å²) in [5, 5.41) is 0. The topological polar surface area (TPSA) is 9.23 Å². The van der Waals surface area contributed by atoms with Crippen molar-refractivity contribution in [1.82, 2.24) is 0 Å². The van der Waals surface area contributed by atoms with Gasteiger partial charge in [0, 0.05) is 7.11 Å². The van der Waals surface area contributed by atoms with Crippen LogP contribution in [0.25, 0.3) is 0 Å². The van der Waals surface area contributed by atoms with E-state index in [1.807, 2.05) is 7.11 Å². The Morgan fingerprint density at radius 2 is 2.10 bits per heavy atom. The molecule has 1 heteroatoms. The van der Waals surface area contributed by atoms with Crippen molar-refractivity contribution in [2.45, 2.75) is 44.6 Å². The lowest BCUT2D eigenvalue weighted by Crippen LogP contribution is -2.22. The first-order chi connectivity index (χ1) is 4.85. The van der Waals surface area contributed by atoms with E-state index in [2.05, 4.69) is 0 Å². The third-order valence-corrected chi connectivity index (χ3v) is 3.18. The molecule has 1 atom stereocenters. The highest BCUT2D eigenvalue weighted by molar-refractivity contribution is 4.97. The molecule has 0 saturated heterocycles. The van der Waals surface area contributed by atoms with E-state index in [4.69, 9.17) is 4.74 Å². The maximum atomic E-state index is 5.37. The first kappa shape index (κ1) is 6.66. The molecule has 2 saturated carbocycles. The summed E-state index contributed by atoms with van der Waals surface area (Å²) in [6.07, 6.45) is 9.09. The van der Waals surface area contributed by atoms with Crippen LogP contribution in [0.3, 0.4) is 0 Å². The van der Waals surface area contributed by atoms with Crippen LogP contribution < -0.4 is 0 Å². The fourth-order valence-electron chi connectivity index (χ4n) is 2.22. The Labute approximate surface area is 62.8 Å². The zero-order valence-electron chi connectivity index (χ0n) is 6.73. The summed E-state index contributed by atoms with van der Waals surface area (Å²) in [6, 6.07) is 0. The minimum atomic E-state index is 0.594. The van der Waals surface area contributed by atoms with Crippen LogP contribution in [-0.4, -0.2) is 13.2 Å². The zero-order chi connectivity index (χ0) is 7.03. The van der Waals surface area contributed by atoms with Crippen molar-refractivity contribution in [3.8, 4) is 0 Å². The SMILES string of the molecule is COC1CCCC2(CC2)C1. The van der Waals surface area contributed by atoms with E-state index in [1.165, 1.54) is 38.5 Å². The van der Waals surface area contributed by atoms with Gasteiger partial charge in [0.25, 0.3) is 0 Å². The molecule has 0 radical (unpaired) electrons. The van der Waals surface area contributed by atoms with E-state index >= 15 is 0 Å². The lowest BCUT2D eigenvalue weighted by atomic mass is 9.84. The summed E-state index contributed by atoms with van der Waals surface area (Å²) in [6.45, 7) is 0. The van der Waals surface area contributed by atoms with Gasteiger partial charge < -0.3 is 4.74 Å². The fraction of sp³-hybridized carbons (Fsp3) is 1.00. The van der Waals surface area contributed by atoms with E-state index in [9.17, 15) is 0 Å². The molecule has 1 unspecified atom stereocenters. The maximum Gasteiger partial charge on any atom is 0.0576 e. The van der Waals surface area contributed by atoms with Crippen LogP contribution in [0.2, 0.25) is 0 Å². The molecule has 58 valence electrons. The predicted molar refractivity (Wildman–Crippen MR) is 40.9 cm³/mol. The van der Waals surface area contributed by atoms with Crippen molar-refractivity contribution in [2.24, 2.45) is 5.41 Å². The quantitative estimate of drug-likeness (QED) is 0.543. The van der Waals surface area contributed by atoms with Crippen molar-refractivity contribution in [2.75, 3.05) is 7.11 Å². The normalized spacial score (nSPS) is 36.3. The minimum absolute atomic E-state index is 0.594. The molecule has 0 aromatic rings. The van der Waals surface area contributed by atoms with Gasteiger partial charge in [-0.1, -0.05) is 6.42 Å². The van der Waals surface area contributed by atoms with Gasteiger partial charge in [0.1, 0.15) is 0 Å². The lowest BCUT2D eigenvalue weighted by molar-refractivity contribution is 0.0446. The highest BCUT2D eigenvalue weighted by Crippen LogP contribution is 2.56. The van der Waals surface area contributed by atoms with Gasteiger partial charge >= 0.3 is 0 Å². The molecule has 0 aromatic carbocycles. The van der Waals surface area contributed by atoms with Gasteiger partial charge in [0.05, 0.1) is 6.10 Å². The van der Waals surface area contributed by atoms with Gasteiger partial charge in [0.15, 0.2) is 0 Å². The summed E-state index contributed by atoms with van der Waals surface area (Å²) in [5.41, 5.74) is 0.777. The Bertz CT molecular complexity index is 127. The Kier molecular flexibility index (Phi) is 1.48. The van der Waals surface area contributed by atoms with Crippen LogP contribution in [0.15, 0.2) is 0 Å². The molecule has 2 fully saturated rings. The number of hydrogen-bond donors (Lipinski definition) is 0. The van der Waals surface area contributed by atoms with Gasteiger partial charge in [-0.2, -0.15) is 0 Å².